The van der Waals surface area contributed by atoms with E-state index in [2.05, 4.69) is 28.7 Å². The molecule has 0 saturated carbocycles. The van der Waals surface area contributed by atoms with Crippen LogP contribution in [0.1, 0.15) is 5.56 Å². The lowest BCUT2D eigenvalue weighted by atomic mass is 9.97. The fourth-order valence-electron chi connectivity index (χ4n) is 4.69. The van der Waals surface area contributed by atoms with Crippen molar-refractivity contribution in [1.29, 1.82) is 0 Å². The molecular weight excluding hydrogens is 520 g/mol. The summed E-state index contributed by atoms with van der Waals surface area (Å²) < 4.78 is 6.78. The first-order chi connectivity index (χ1) is 19.6. The normalized spacial score (nSPS) is 11.4. The van der Waals surface area contributed by atoms with Crippen molar-refractivity contribution in [3.8, 4) is 11.4 Å². The predicted octanol–water partition coefficient (Wildman–Crippen LogP) is 5.94. The number of ether oxygens (including phenoxy) is 1. The van der Waals surface area contributed by atoms with Crippen LogP contribution in [0, 0.1) is 0 Å². The first kappa shape index (κ1) is 25.3. The van der Waals surface area contributed by atoms with E-state index >= 15 is 0 Å². The molecule has 1 aromatic heterocycles. The summed E-state index contributed by atoms with van der Waals surface area (Å²) in [7, 11) is 1.59. The number of aromatic nitrogens is 2. The Hall–Kier alpha value is -4.95. The standard InChI is InChI=1S/C32H24N4O3S/c1-39-24-16-14-23(15-17-24)36-31(38)27-12-6-7-13-29(27)34-32(36)40-20-30(37)35-33-19-28-25-10-4-2-8-21(25)18-22-9-3-5-11-26(22)28/h2-19H,20H2,1H3,(H,35,37)/b33-19+. The maximum Gasteiger partial charge on any atom is 0.266 e. The molecule has 0 aliphatic rings. The van der Waals surface area contributed by atoms with E-state index in [1.165, 1.54) is 16.3 Å². The minimum absolute atomic E-state index is 0.0224. The second-order valence-corrected chi connectivity index (χ2v) is 10.0. The molecule has 0 spiro atoms. The summed E-state index contributed by atoms with van der Waals surface area (Å²) in [5.74, 6) is 0.389. The van der Waals surface area contributed by atoms with Gasteiger partial charge in [-0.15, -0.1) is 0 Å². The molecule has 5 aromatic carbocycles. The van der Waals surface area contributed by atoms with E-state index in [1.807, 2.05) is 42.5 Å². The number of benzene rings is 5. The van der Waals surface area contributed by atoms with Crippen LogP contribution < -0.4 is 15.7 Å². The van der Waals surface area contributed by atoms with Crippen LogP contribution >= 0.6 is 11.8 Å². The van der Waals surface area contributed by atoms with Crippen LogP contribution in [0.2, 0.25) is 0 Å². The Labute approximate surface area is 234 Å². The van der Waals surface area contributed by atoms with Crippen molar-refractivity contribution >= 4 is 56.3 Å². The molecule has 1 amide bonds. The number of carbonyl (C=O) groups is 1. The third-order valence-corrected chi connectivity index (χ3v) is 7.54. The summed E-state index contributed by atoms with van der Waals surface area (Å²) in [4.78, 5) is 31.0. The van der Waals surface area contributed by atoms with Gasteiger partial charge in [0.1, 0.15) is 5.75 Å². The molecule has 0 saturated heterocycles. The molecule has 1 N–H and O–H groups in total. The van der Waals surface area contributed by atoms with Crippen LogP contribution in [-0.4, -0.2) is 34.5 Å². The molecule has 6 rings (SSSR count). The highest BCUT2D eigenvalue weighted by molar-refractivity contribution is 7.99. The molecule has 0 atom stereocenters. The number of fused-ring (bicyclic) bond motifs is 3. The number of methoxy groups -OCH3 is 1. The second kappa shape index (κ2) is 11.0. The molecular formula is C32H24N4O3S. The third kappa shape index (κ3) is 4.92. The van der Waals surface area contributed by atoms with Gasteiger partial charge < -0.3 is 4.74 Å². The van der Waals surface area contributed by atoms with Crippen LogP contribution in [0.3, 0.4) is 0 Å². The van der Waals surface area contributed by atoms with Gasteiger partial charge in [0.15, 0.2) is 5.16 Å². The van der Waals surface area contributed by atoms with E-state index in [4.69, 9.17) is 9.72 Å². The van der Waals surface area contributed by atoms with E-state index in [9.17, 15) is 9.59 Å². The van der Waals surface area contributed by atoms with Crippen LogP contribution in [0.15, 0.2) is 118 Å². The van der Waals surface area contributed by atoms with Crippen molar-refractivity contribution in [2.45, 2.75) is 5.16 Å². The van der Waals surface area contributed by atoms with Crippen LogP contribution in [-0.2, 0) is 4.79 Å². The van der Waals surface area contributed by atoms with Crippen molar-refractivity contribution in [2.24, 2.45) is 5.10 Å². The lowest BCUT2D eigenvalue weighted by molar-refractivity contribution is -0.118. The average molecular weight is 545 g/mol. The molecule has 0 unspecified atom stereocenters. The highest BCUT2D eigenvalue weighted by atomic mass is 32.2. The molecule has 196 valence electrons. The van der Waals surface area contributed by atoms with Crippen LogP contribution in [0.25, 0.3) is 38.1 Å². The molecule has 6 aromatic rings. The fourth-order valence-corrected chi connectivity index (χ4v) is 5.49. The number of thioether (sulfide) groups is 1. The first-order valence-corrected chi connectivity index (χ1v) is 13.6. The van der Waals surface area contributed by atoms with Gasteiger partial charge in [0.2, 0.25) is 0 Å². The van der Waals surface area contributed by atoms with Crippen LogP contribution in [0.5, 0.6) is 5.75 Å². The van der Waals surface area contributed by atoms with Gasteiger partial charge in [-0.3, -0.25) is 14.2 Å². The van der Waals surface area contributed by atoms with Crippen LogP contribution in [0.4, 0.5) is 0 Å². The van der Waals surface area contributed by atoms with E-state index in [-0.39, 0.29) is 17.2 Å². The molecule has 40 heavy (non-hydrogen) atoms. The number of nitrogens with zero attached hydrogens (tertiary/aromatic N) is 3. The monoisotopic (exact) mass is 544 g/mol. The van der Waals surface area contributed by atoms with E-state index in [0.717, 1.165) is 27.1 Å². The molecule has 0 radical (unpaired) electrons. The number of para-hydroxylation sites is 1. The zero-order valence-electron chi connectivity index (χ0n) is 21.6. The van der Waals surface area contributed by atoms with Crippen molar-refractivity contribution in [3.05, 3.63) is 119 Å². The fraction of sp³-hybridized carbons (Fsp3) is 0.0625. The summed E-state index contributed by atoms with van der Waals surface area (Å²) in [6, 6.07) is 32.7. The smallest absolute Gasteiger partial charge is 0.266 e. The van der Waals surface area contributed by atoms with Gasteiger partial charge in [0, 0.05) is 5.56 Å². The van der Waals surface area contributed by atoms with Gasteiger partial charge in [0.05, 0.1) is 35.7 Å². The van der Waals surface area contributed by atoms with Gasteiger partial charge in [-0.2, -0.15) is 5.10 Å². The Morgan fingerprint density at radius 2 is 1.52 bits per heavy atom. The Kier molecular flexibility index (Phi) is 6.99. The average Bonchev–Trinajstić information content (AvgIpc) is 3.00. The molecule has 8 heteroatoms. The van der Waals surface area contributed by atoms with Gasteiger partial charge in [-0.25, -0.2) is 10.4 Å². The van der Waals surface area contributed by atoms with E-state index < -0.39 is 0 Å². The number of hydrazone groups is 1. The first-order valence-electron chi connectivity index (χ1n) is 12.6. The van der Waals surface area contributed by atoms with E-state index in [0.29, 0.717) is 27.5 Å². The summed E-state index contributed by atoms with van der Waals surface area (Å²) in [6.07, 6.45) is 1.69. The quantitative estimate of drug-likeness (QED) is 0.0884. The number of amides is 1. The SMILES string of the molecule is COc1ccc(-n2c(SCC(=O)N/N=C/c3c4ccccc4cc4ccccc34)nc3ccccc3c2=O)cc1. The predicted molar refractivity (Wildman–Crippen MR) is 162 cm³/mol. The van der Waals surface area contributed by atoms with Gasteiger partial charge in [-0.05, 0) is 64.0 Å². The van der Waals surface area contributed by atoms with E-state index in [1.54, 1.807) is 55.8 Å². The summed E-state index contributed by atoms with van der Waals surface area (Å²) >= 11 is 1.17. The summed E-state index contributed by atoms with van der Waals surface area (Å²) in [6.45, 7) is 0. The molecule has 0 aliphatic carbocycles. The van der Waals surface area contributed by atoms with Crippen molar-refractivity contribution in [3.63, 3.8) is 0 Å². The largest absolute Gasteiger partial charge is 0.497 e. The van der Waals surface area contributed by atoms with Crippen molar-refractivity contribution in [1.82, 2.24) is 15.0 Å². The molecule has 0 aliphatic heterocycles. The Bertz CT molecular complexity index is 1910. The summed E-state index contributed by atoms with van der Waals surface area (Å²) in [5, 5.41) is 9.50. The highest BCUT2D eigenvalue weighted by Gasteiger charge is 2.15. The zero-order valence-corrected chi connectivity index (χ0v) is 22.4. The maximum absolute atomic E-state index is 13.4. The number of hydrogen-bond donors (Lipinski definition) is 1. The Morgan fingerprint density at radius 1 is 0.900 bits per heavy atom. The minimum Gasteiger partial charge on any atom is -0.497 e. The third-order valence-electron chi connectivity index (χ3n) is 6.60. The number of hydrogen-bond acceptors (Lipinski definition) is 6. The van der Waals surface area contributed by atoms with Crippen molar-refractivity contribution in [2.75, 3.05) is 12.9 Å². The molecule has 7 nitrogen and oxygen atoms in total. The second-order valence-electron chi connectivity index (χ2n) is 9.06. The van der Waals surface area contributed by atoms with Gasteiger partial charge in [0.25, 0.3) is 11.5 Å². The van der Waals surface area contributed by atoms with Gasteiger partial charge >= 0.3 is 0 Å². The maximum atomic E-state index is 13.4. The highest BCUT2D eigenvalue weighted by Crippen LogP contribution is 2.27. The molecule has 0 bridgehead atoms. The number of nitrogens with one attached hydrogen (secondary N) is 1. The summed E-state index contributed by atoms with van der Waals surface area (Å²) in [5.41, 5.74) is 4.57. The molecule has 0 fully saturated rings. The number of carbonyl (C=O) groups excluding carboxylic acids is 1. The minimum atomic E-state index is -0.311. The van der Waals surface area contributed by atoms with Gasteiger partial charge in [-0.1, -0.05) is 72.4 Å². The lowest BCUT2D eigenvalue weighted by Crippen LogP contribution is -2.24. The lowest BCUT2D eigenvalue weighted by Gasteiger charge is -2.13. The Balaban J connectivity index is 1.26. The number of rotatable bonds is 7. The molecule has 1 heterocycles. The zero-order chi connectivity index (χ0) is 27.5. The Morgan fingerprint density at radius 3 is 2.20 bits per heavy atom. The topological polar surface area (TPSA) is 85.6 Å². The van der Waals surface area contributed by atoms with Crippen molar-refractivity contribution < 1.29 is 9.53 Å².